The minimum atomic E-state index is -0.178. The molecule has 0 aliphatic rings. The first-order valence-corrected chi connectivity index (χ1v) is 7.69. The highest BCUT2D eigenvalue weighted by atomic mass is 79.9. The van der Waals surface area contributed by atoms with Gasteiger partial charge in [0.2, 0.25) is 0 Å². The van der Waals surface area contributed by atoms with Crippen molar-refractivity contribution in [3.8, 4) is 0 Å². The van der Waals surface area contributed by atoms with E-state index in [0.717, 1.165) is 30.5 Å². The number of halogens is 2. The Labute approximate surface area is 129 Å². The van der Waals surface area contributed by atoms with Crippen molar-refractivity contribution in [2.24, 2.45) is 0 Å². The van der Waals surface area contributed by atoms with E-state index < -0.39 is 0 Å². The normalized spacial score (nSPS) is 12.6. The van der Waals surface area contributed by atoms with E-state index >= 15 is 0 Å². The summed E-state index contributed by atoms with van der Waals surface area (Å²) in [6.07, 6.45) is 2.00. The first kappa shape index (κ1) is 17.6. The van der Waals surface area contributed by atoms with Gasteiger partial charge in [0, 0.05) is 29.8 Å². The average Bonchev–Trinajstić information content (AvgIpc) is 2.41. The van der Waals surface area contributed by atoms with Gasteiger partial charge in [-0.2, -0.15) is 0 Å². The standard InChI is InChI=1S/C15H23BrFNO2/c1-12(14-6-5-13(16)11-15(14)17)18-7-3-4-8-20-10-9-19-2/h5-6,11-12,18H,3-4,7-10H2,1-2H3. The SMILES string of the molecule is COCCOCCCCNC(C)c1ccc(Br)cc1F. The topological polar surface area (TPSA) is 30.5 Å². The van der Waals surface area contributed by atoms with Crippen LogP contribution in [0.2, 0.25) is 0 Å². The van der Waals surface area contributed by atoms with Crippen LogP contribution in [0.4, 0.5) is 4.39 Å². The molecule has 1 atom stereocenters. The van der Waals surface area contributed by atoms with Gasteiger partial charge in [-0.3, -0.25) is 0 Å². The summed E-state index contributed by atoms with van der Waals surface area (Å²) in [4.78, 5) is 0. The summed E-state index contributed by atoms with van der Waals surface area (Å²) >= 11 is 3.26. The van der Waals surface area contributed by atoms with Gasteiger partial charge < -0.3 is 14.8 Å². The Morgan fingerprint density at radius 1 is 1.25 bits per heavy atom. The van der Waals surface area contributed by atoms with Crippen molar-refractivity contribution in [1.82, 2.24) is 5.32 Å². The summed E-state index contributed by atoms with van der Waals surface area (Å²) in [5, 5.41) is 3.33. The first-order chi connectivity index (χ1) is 9.65. The van der Waals surface area contributed by atoms with Crippen LogP contribution in [0.1, 0.15) is 31.4 Å². The second-order valence-corrected chi connectivity index (χ2v) is 5.57. The minimum Gasteiger partial charge on any atom is -0.382 e. The molecule has 0 spiro atoms. The van der Waals surface area contributed by atoms with Gasteiger partial charge in [0.1, 0.15) is 5.82 Å². The fourth-order valence-corrected chi connectivity index (χ4v) is 2.19. The third-order valence-corrected chi connectivity index (χ3v) is 3.52. The third-order valence-electron chi connectivity index (χ3n) is 3.03. The van der Waals surface area contributed by atoms with Gasteiger partial charge in [0.15, 0.2) is 0 Å². The molecule has 0 saturated carbocycles. The molecule has 1 aromatic carbocycles. The molecule has 0 amide bonds. The lowest BCUT2D eigenvalue weighted by atomic mass is 10.1. The van der Waals surface area contributed by atoms with Crippen LogP contribution in [0, 0.1) is 5.82 Å². The predicted octanol–water partition coefficient (Wildman–Crippen LogP) is 3.68. The van der Waals surface area contributed by atoms with Gasteiger partial charge in [0.25, 0.3) is 0 Å². The zero-order valence-corrected chi connectivity index (χ0v) is 13.7. The Hall–Kier alpha value is -0.490. The molecule has 5 heteroatoms. The molecule has 114 valence electrons. The Bertz CT molecular complexity index is 390. The van der Waals surface area contributed by atoms with Gasteiger partial charge >= 0.3 is 0 Å². The number of rotatable bonds is 10. The van der Waals surface area contributed by atoms with E-state index in [1.54, 1.807) is 7.11 Å². The maximum absolute atomic E-state index is 13.7. The molecule has 1 rings (SSSR count). The lowest BCUT2D eigenvalue weighted by molar-refractivity contribution is 0.0687. The minimum absolute atomic E-state index is 0.0116. The van der Waals surface area contributed by atoms with Crippen molar-refractivity contribution in [1.29, 1.82) is 0 Å². The smallest absolute Gasteiger partial charge is 0.129 e. The van der Waals surface area contributed by atoms with Gasteiger partial charge in [-0.25, -0.2) is 4.39 Å². The molecule has 3 nitrogen and oxygen atoms in total. The summed E-state index contributed by atoms with van der Waals surface area (Å²) in [5.74, 6) is -0.178. The molecule has 0 saturated heterocycles. The number of benzene rings is 1. The van der Waals surface area contributed by atoms with Crippen LogP contribution < -0.4 is 5.32 Å². The fraction of sp³-hybridized carbons (Fsp3) is 0.600. The van der Waals surface area contributed by atoms with Crippen molar-refractivity contribution >= 4 is 15.9 Å². The van der Waals surface area contributed by atoms with Crippen LogP contribution in [0.3, 0.4) is 0 Å². The third kappa shape index (κ3) is 6.79. The van der Waals surface area contributed by atoms with Gasteiger partial charge in [-0.1, -0.05) is 22.0 Å². The van der Waals surface area contributed by atoms with Crippen LogP contribution in [-0.4, -0.2) is 33.5 Å². The van der Waals surface area contributed by atoms with Crippen molar-refractivity contribution in [3.63, 3.8) is 0 Å². The molecule has 1 unspecified atom stereocenters. The number of hydrogen-bond donors (Lipinski definition) is 1. The molecule has 0 aliphatic carbocycles. The Morgan fingerprint density at radius 3 is 2.75 bits per heavy atom. The maximum atomic E-state index is 13.7. The Balaban J connectivity index is 2.15. The van der Waals surface area contributed by atoms with Crippen LogP contribution in [-0.2, 0) is 9.47 Å². The van der Waals surface area contributed by atoms with Gasteiger partial charge in [-0.15, -0.1) is 0 Å². The first-order valence-electron chi connectivity index (χ1n) is 6.90. The van der Waals surface area contributed by atoms with Crippen molar-refractivity contribution in [2.45, 2.75) is 25.8 Å². The summed E-state index contributed by atoms with van der Waals surface area (Å²) in [6, 6.07) is 5.18. The highest BCUT2D eigenvalue weighted by Gasteiger charge is 2.10. The lowest BCUT2D eigenvalue weighted by Crippen LogP contribution is -2.21. The second kappa shape index (κ2) is 10.3. The van der Waals surface area contributed by atoms with E-state index in [2.05, 4.69) is 21.2 Å². The van der Waals surface area contributed by atoms with E-state index in [-0.39, 0.29) is 11.9 Å². The molecule has 0 aliphatic heterocycles. The van der Waals surface area contributed by atoms with E-state index in [9.17, 15) is 4.39 Å². The molecular weight excluding hydrogens is 325 g/mol. The van der Waals surface area contributed by atoms with Crippen molar-refractivity contribution in [2.75, 3.05) is 33.5 Å². The molecule has 0 fully saturated rings. The Kier molecular flexibility index (Phi) is 9.02. The summed E-state index contributed by atoms with van der Waals surface area (Å²) in [6.45, 7) is 4.85. The predicted molar refractivity (Wildman–Crippen MR) is 82.4 cm³/mol. The lowest BCUT2D eigenvalue weighted by Gasteiger charge is -2.15. The van der Waals surface area contributed by atoms with Gasteiger partial charge in [-0.05, 0) is 38.4 Å². The van der Waals surface area contributed by atoms with Crippen molar-refractivity contribution in [3.05, 3.63) is 34.1 Å². The quantitative estimate of drug-likeness (QED) is 0.655. The largest absolute Gasteiger partial charge is 0.382 e. The number of methoxy groups -OCH3 is 1. The molecular formula is C15H23BrFNO2. The van der Waals surface area contributed by atoms with Crippen LogP contribution >= 0.6 is 15.9 Å². The summed E-state index contributed by atoms with van der Waals surface area (Å²) in [7, 11) is 1.66. The molecule has 0 aromatic heterocycles. The van der Waals surface area contributed by atoms with Crippen molar-refractivity contribution < 1.29 is 13.9 Å². The molecule has 0 radical (unpaired) electrons. The second-order valence-electron chi connectivity index (χ2n) is 4.65. The van der Waals surface area contributed by atoms with Crippen LogP contribution in [0.5, 0.6) is 0 Å². The fourth-order valence-electron chi connectivity index (χ4n) is 1.85. The van der Waals surface area contributed by atoms with E-state index in [0.29, 0.717) is 18.8 Å². The highest BCUT2D eigenvalue weighted by molar-refractivity contribution is 9.10. The highest BCUT2D eigenvalue weighted by Crippen LogP contribution is 2.20. The molecule has 0 heterocycles. The average molecular weight is 348 g/mol. The summed E-state index contributed by atoms with van der Waals surface area (Å²) in [5.41, 5.74) is 0.699. The van der Waals surface area contributed by atoms with Crippen LogP contribution in [0.25, 0.3) is 0 Å². The number of nitrogens with one attached hydrogen (secondary N) is 1. The molecule has 20 heavy (non-hydrogen) atoms. The van der Waals surface area contributed by atoms with E-state index in [1.807, 2.05) is 19.1 Å². The molecule has 1 N–H and O–H groups in total. The summed E-state index contributed by atoms with van der Waals surface area (Å²) < 4.78 is 24.8. The molecule has 0 bridgehead atoms. The van der Waals surface area contributed by atoms with Gasteiger partial charge in [0.05, 0.1) is 13.2 Å². The maximum Gasteiger partial charge on any atom is 0.129 e. The number of hydrogen-bond acceptors (Lipinski definition) is 3. The van der Waals surface area contributed by atoms with E-state index in [4.69, 9.17) is 9.47 Å². The zero-order valence-electron chi connectivity index (χ0n) is 12.1. The monoisotopic (exact) mass is 347 g/mol. The number of ether oxygens (including phenoxy) is 2. The zero-order chi connectivity index (χ0) is 14.8. The molecule has 1 aromatic rings. The number of unbranched alkanes of at least 4 members (excludes halogenated alkanes) is 1. The van der Waals surface area contributed by atoms with E-state index in [1.165, 1.54) is 6.07 Å². The van der Waals surface area contributed by atoms with Crippen LogP contribution in [0.15, 0.2) is 22.7 Å². The Morgan fingerprint density at radius 2 is 2.05 bits per heavy atom.